The molecule has 1 aliphatic rings. The van der Waals surface area contributed by atoms with Crippen molar-refractivity contribution in [2.75, 3.05) is 0 Å². The summed E-state index contributed by atoms with van der Waals surface area (Å²) in [7, 11) is 0. The molecule has 1 atom stereocenters. The van der Waals surface area contributed by atoms with Crippen LogP contribution in [-0.4, -0.2) is 11.9 Å². The number of amides is 1. The van der Waals surface area contributed by atoms with Gasteiger partial charge in [0.05, 0.1) is 3.79 Å². The van der Waals surface area contributed by atoms with Gasteiger partial charge in [-0.2, -0.15) is 0 Å². The van der Waals surface area contributed by atoms with Crippen LogP contribution in [0.25, 0.3) is 0 Å². The van der Waals surface area contributed by atoms with Crippen molar-refractivity contribution < 1.29 is 4.79 Å². The van der Waals surface area contributed by atoms with Crippen LogP contribution in [-0.2, 0) is 11.2 Å². The van der Waals surface area contributed by atoms with Crippen molar-refractivity contribution >= 4 is 49.1 Å². The number of thiophene rings is 1. The molecule has 14 heavy (non-hydrogen) atoms. The molecule has 0 radical (unpaired) electrons. The lowest BCUT2D eigenvalue weighted by Crippen LogP contribution is -2.26. The Labute approximate surface area is 103 Å². The molecule has 1 N–H and O–H groups in total. The van der Waals surface area contributed by atoms with Crippen LogP contribution in [0.1, 0.15) is 17.7 Å². The quantitative estimate of drug-likeness (QED) is 0.882. The predicted molar refractivity (Wildman–Crippen MR) is 64.6 cm³/mol. The second-order valence-electron chi connectivity index (χ2n) is 3.34. The van der Waals surface area contributed by atoms with Crippen molar-refractivity contribution in [3.05, 3.63) is 19.2 Å². The molecular formula is C9H9Br2NOS. The Bertz CT molecular complexity index is 344. The molecule has 1 saturated heterocycles. The maximum atomic E-state index is 11.0. The fourth-order valence-electron chi connectivity index (χ4n) is 1.57. The summed E-state index contributed by atoms with van der Waals surface area (Å²) in [6.07, 6.45) is 2.59. The van der Waals surface area contributed by atoms with Gasteiger partial charge in [0, 0.05) is 28.2 Å². The zero-order chi connectivity index (χ0) is 10.1. The van der Waals surface area contributed by atoms with Crippen molar-refractivity contribution in [2.24, 2.45) is 0 Å². The minimum absolute atomic E-state index is 0.185. The summed E-state index contributed by atoms with van der Waals surface area (Å²) < 4.78 is 2.22. The van der Waals surface area contributed by atoms with Gasteiger partial charge in [0.1, 0.15) is 0 Å². The minimum Gasteiger partial charge on any atom is -0.353 e. The van der Waals surface area contributed by atoms with Crippen LogP contribution < -0.4 is 5.32 Å². The first-order chi connectivity index (χ1) is 6.65. The maximum absolute atomic E-state index is 11.0. The summed E-state index contributed by atoms with van der Waals surface area (Å²) in [6.45, 7) is 0. The van der Waals surface area contributed by atoms with Crippen molar-refractivity contribution in [1.29, 1.82) is 0 Å². The molecule has 0 aromatic carbocycles. The SMILES string of the molecule is O=C1CCC(Cc2cc(Br)c(Br)s2)N1. The molecule has 5 heteroatoms. The molecule has 1 aliphatic heterocycles. The highest BCUT2D eigenvalue weighted by Crippen LogP contribution is 2.33. The second-order valence-corrected chi connectivity index (χ2v) is 6.65. The Kier molecular flexibility index (Phi) is 3.29. The second kappa shape index (κ2) is 4.33. The van der Waals surface area contributed by atoms with Crippen molar-refractivity contribution in [1.82, 2.24) is 5.32 Å². The van der Waals surface area contributed by atoms with Crippen LogP contribution in [0.2, 0.25) is 0 Å². The Morgan fingerprint density at radius 2 is 2.36 bits per heavy atom. The van der Waals surface area contributed by atoms with E-state index in [0.29, 0.717) is 12.5 Å². The molecule has 0 aliphatic carbocycles. The van der Waals surface area contributed by atoms with E-state index in [-0.39, 0.29) is 5.91 Å². The largest absolute Gasteiger partial charge is 0.353 e. The van der Waals surface area contributed by atoms with Gasteiger partial charge in [-0.25, -0.2) is 0 Å². The first-order valence-corrected chi connectivity index (χ1v) is 6.78. The average molecular weight is 339 g/mol. The third-order valence-corrected chi connectivity index (χ3v) is 5.51. The molecule has 0 saturated carbocycles. The third kappa shape index (κ3) is 2.38. The summed E-state index contributed by atoms with van der Waals surface area (Å²) in [5.74, 6) is 0.185. The summed E-state index contributed by atoms with van der Waals surface area (Å²) in [6, 6.07) is 2.44. The first kappa shape index (κ1) is 10.6. The van der Waals surface area contributed by atoms with Gasteiger partial charge in [-0.3, -0.25) is 4.79 Å². The van der Waals surface area contributed by atoms with Crippen molar-refractivity contribution in [2.45, 2.75) is 25.3 Å². The Morgan fingerprint density at radius 3 is 2.86 bits per heavy atom. The number of hydrogen-bond donors (Lipinski definition) is 1. The van der Waals surface area contributed by atoms with Crippen LogP contribution in [0.5, 0.6) is 0 Å². The van der Waals surface area contributed by atoms with E-state index in [2.05, 4.69) is 43.2 Å². The maximum Gasteiger partial charge on any atom is 0.220 e. The molecule has 76 valence electrons. The zero-order valence-electron chi connectivity index (χ0n) is 7.35. The van der Waals surface area contributed by atoms with Gasteiger partial charge in [-0.15, -0.1) is 11.3 Å². The lowest BCUT2D eigenvalue weighted by Gasteiger charge is -2.06. The summed E-state index contributed by atoms with van der Waals surface area (Å²) in [5, 5.41) is 2.97. The number of halogens is 2. The fourth-order valence-corrected chi connectivity index (χ4v) is 3.82. The van der Waals surface area contributed by atoms with E-state index < -0.39 is 0 Å². The van der Waals surface area contributed by atoms with Crippen LogP contribution in [0.4, 0.5) is 0 Å². The van der Waals surface area contributed by atoms with E-state index in [4.69, 9.17) is 0 Å². The van der Waals surface area contributed by atoms with E-state index in [1.165, 1.54) is 4.88 Å². The van der Waals surface area contributed by atoms with Gasteiger partial charge in [-0.1, -0.05) is 0 Å². The highest BCUT2D eigenvalue weighted by molar-refractivity contribution is 9.13. The van der Waals surface area contributed by atoms with E-state index >= 15 is 0 Å². The van der Waals surface area contributed by atoms with Gasteiger partial charge < -0.3 is 5.32 Å². The Balaban J connectivity index is 2.00. The number of rotatable bonds is 2. The molecule has 1 amide bonds. The van der Waals surface area contributed by atoms with Crippen molar-refractivity contribution in [3.8, 4) is 0 Å². The van der Waals surface area contributed by atoms with Gasteiger partial charge in [0.15, 0.2) is 0 Å². The molecule has 1 aromatic rings. The van der Waals surface area contributed by atoms with Gasteiger partial charge >= 0.3 is 0 Å². The van der Waals surface area contributed by atoms with E-state index in [9.17, 15) is 4.79 Å². The van der Waals surface area contributed by atoms with Gasteiger partial charge in [0.2, 0.25) is 5.91 Å². The normalized spacial score (nSPS) is 21.3. The van der Waals surface area contributed by atoms with Gasteiger partial charge in [-0.05, 0) is 44.3 Å². The Hall–Kier alpha value is 0.130. The van der Waals surface area contributed by atoms with Gasteiger partial charge in [0.25, 0.3) is 0 Å². The number of nitrogens with one attached hydrogen (secondary N) is 1. The van der Waals surface area contributed by atoms with Crippen LogP contribution in [0.15, 0.2) is 14.3 Å². The third-order valence-electron chi connectivity index (χ3n) is 2.23. The highest BCUT2D eigenvalue weighted by Gasteiger charge is 2.21. The lowest BCUT2D eigenvalue weighted by atomic mass is 10.1. The molecule has 1 aromatic heterocycles. The topological polar surface area (TPSA) is 29.1 Å². The molecule has 0 bridgehead atoms. The van der Waals surface area contributed by atoms with E-state index in [1.54, 1.807) is 11.3 Å². The monoisotopic (exact) mass is 337 g/mol. The summed E-state index contributed by atoms with van der Waals surface area (Å²) >= 11 is 8.64. The molecule has 0 spiro atoms. The average Bonchev–Trinajstić information content (AvgIpc) is 2.62. The smallest absolute Gasteiger partial charge is 0.220 e. The van der Waals surface area contributed by atoms with E-state index in [1.807, 2.05) is 0 Å². The lowest BCUT2D eigenvalue weighted by molar-refractivity contribution is -0.119. The van der Waals surface area contributed by atoms with Crippen LogP contribution in [0.3, 0.4) is 0 Å². The minimum atomic E-state index is 0.185. The molecular weight excluding hydrogens is 330 g/mol. The molecule has 2 nitrogen and oxygen atoms in total. The van der Waals surface area contributed by atoms with Crippen LogP contribution >= 0.6 is 43.2 Å². The molecule has 1 fully saturated rings. The van der Waals surface area contributed by atoms with E-state index in [0.717, 1.165) is 21.1 Å². The number of hydrogen-bond acceptors (Lipinski definition) is 2. The predicted octanol–water partition coefficient (Wildman–Crippen LogP) is 3.09. The number of carbonyl (C=O) groups excluding carboxylic acids is 1. The summed E-state index contributed by atoms with van der Waals surface area (Å²) in [5.41, 5.74) is 0. The Morgan fingerprint density at radius 1 is 1.57 bits per heavy atom. The molecule has 2 heterocycles. The number of carbonyl (C=O) groups is 1. The molecule has 2 rings (SSSR count). The summed E-state index contributed by atoms with van der Waals surface area (Å²) in [4.78, 5) is 12.3. The first-order valence-electron chi connectivity index (χ1n) is 4.38. The zero-order valence-corrected chi connectivity index (χ0v) is 11.3. The van der Waals surface area contributed by atoms with Crippen LogP contribution in [0, 0.1) is 0 Å². The molecule has 1 unspecified atom stereocenters. The standard InChI is InChI=1S/C9H9Br2NOS/c10-7-4-6(14-9(7)11)3-5-1-2-8(13)12-5/h4-5H,1-3H2,(H,12,13). The highest BCUT2D eigenvalue weighted by atomic mass is 79.9. The van der Waals surface area contributed by atoms with Crippen molar-refractivity contribution in [3.63, 3.8) is 0 Å². The fraction of sp³-hybridized carbons (Fsp3) is 0.444.